The van der Waals surface area contributed by atoms with Crippen molar-refractivity contribution in [1.82, 2.24) is 15.0 Å². The van der Waals surface area contributed by atoms with E-state index in [9.17, 15) is 10.1 Å². The second kappa shape index (κ2) is 5.66. The Kier molecular flexibility index (Phi) is 3.94. The average molecular weight is 277 g/mol. The topological polar surface area (TPSA) is 109 Å². The van der Waals surface area contributed by atoms with E-state index in [2.05, 4.69) is 10.3 Å². The number of non-ortho nitro benzene ring substituents is 1. The molecule has 1 unspecified atom stereocenters. The van der Waals surface area contributed by atoms with Gasteiger partial charge in [0.15, 0.2) is 0 Å². The fourth-order valence-corrected chi connectivity index (χ4v) is 1.74. The summed E-state index contributed by atoms with van der Waals surface area (Å²) in [5, 5.41) is 18.7. The lowest BCUT2D eigenvalue weighted by Crippen LogP contribution is -2.05. The molecule has 8 nitrogen and oxygen atoms in total. The van der Waals surface area contributed by atoms with Crippen molar-refractivity contribution in [2.24, 2.45) is 5.73 Å². The summed E-state index contributed by atoms with van der Waals surface area (Å²) in [6.07, 6.45) is 1.72. The molecule has 106 valence electrons. The maximum Gasteiger partial charge on any atom is 0.273 e. The number of hydrogen-bond acceptors (Lipinski definition) is 6. The zero-order valence-corrected chi connectivity index (χ0v) is 11.2. The van der Waals surface area contributed by atoms with E-state index in [1.165, 1.54) is 19.2 Å². The fourth-order valence-electron chi connectivity index (χ4n) is 1.74. The molecule has 2 N–H and O–H groups in total. The molecule has 2 aromatic rings. The first-order chi connectivity index (χ1) is 9.49. The molecule has 0 saturated carbocycles. The quantitative estimate of drug-likeness (QED) is 0.651. The summed E-state index contributed by atoms with van der Waals surface area (Å²) in [5.41, 5.74) is 7.06. The highest BCUT2D eigenvalue weighted by molar-refractivity contribution is 5.42. The molecule has 0 fully saturated rings. The van der Waals surface area contributed by atoms with E-state index in [1.54, 1.807) is 16.9 Å². The van der Waals surface area contributed by atoms with E-state index in [-0.39, 0.29) is 11.7 Å². The van der Waals surface area contributed by atoms with Gasteiger partial charge in [-0.1, -0.05) is 5.21 Å². The zero-order chi connectivity index (χ0) is 14.7. The molecule has 1 atom stereocenters. The standard InChI is InChI=1S/C12H15N5O3/c1-8(13)12-7-16(15-14-12)6-9-3-10(17(18)19)5-11(4-9)20-2/h3-5,7-8H,6,13H2,1-2H3. The van der Waals surface area contributed by atoms with Crippen molar-refractivity contribution in [1.29, 1.82) is 0 Å². The van der Waals surface area contributed by atoms with Crippen LogP contribution in [0, 0.1) is 10.1 Å². The largest absolute Gasteiger partial charge is 0.496 e. The van der Waals surface area contributed by atoms with E-state index in [1.807, 2.05) is 6.92 Å². The molecule has 1 heterocycles. The monoisotopic (exact) mass is 277 g/mol. The second-order valence-electron chi connectivity index (χ2n) is 4.43. The van der Waals surface area contributed by atoms with Crippen LogP contribution in [0.1, 0.15) is 24.2 Å². The third-order valence-electron chi connectivity index (χ3n) is 2.77. The summed E-state index contributed by atoms with van der Waals surface area (Å²) in [5.74, 6) is 0.432. The van der Waals surface area contributed by atoms with Crippen LogP contribution in [0.5, 0.6) is 5.75 Å². The maximum absolute atomic E-state index is 10.9. The van der Waals surface area contributed by atoms with Gasteiger partial charge in [0.2, 0.25) is 0 Å². The molecular weight excluding hydrogens is 262 g/mol. The zero-order valence-electron chi connectivity index (χ0n) is 11.2. The minimum atomic E-state index is -0.458. The van der Waals surface area contributed by atoms with Crippen molar-refractivity contribution in [3.05, 3.63) is 45.8 Å². The van der Waals surface area contributed by atoms with Crippen LogP contribution in [-0.2, 0) is 6.54 Å². The third-order valence-corrected chi connectivity index (χ3v) is 2.77. The van der Waals surface area contributed by atoms with E-state index < -0.39 is 4.92 Å². The highest BCUT2D eigenvalue weighted by atomic mass is 16.6. The first-order valence-electron chi connectivity index (χ1n) is 5.97. The number of nitrogens with zero attached hydrogens (tertiary/aromatic N) is 4. The molecule has 2 rings (SSSR count). The van der Waals surface area contributed by atoms with Gasteiger partial charge in [-0.2, -0.15) is 0 Å². The summed E-state index contributed by atoms with van der Waals surface area (Å²) in [6.45, 7) is 2.17. The average Bonchev–Trinajstić information content (AvgIpc) is 2.87. The summed E-state index contributed by atoms with van der Waals surface area (Å²) >= 11 is 0. The molecular formula is C12H15N5O3. The van der Waals surface area contributed by atoms with Crippen LogP contribution in [0.15, 0.2) is 24.4 Å². The first kappa shape index (κ1) is 13.9. The van der Waals surface area contributed by atoms with Crippen LogP contribution < -0.4 is 10.5 Å². The Balaban J connectivity index is 2.27. The minimum Gasteiger partial charge on any atom is -0.496 e. The lowest BCUT2D eigenvalue weighted by molar-refractivity contribution is -0.385. The predicted molar refractivity (Wildman–Crippen MR) is 71.4 cm³/mol. The van der Waals surface area contributed by atoms with Gasteiger partial charge in [-0.15, -0.1) is 5.10 Å². The highest BCUT2D eigenvalue weighted by Crippen LogP contribution is 2.23. The molecule has 0 saturated heterocycles. The number of hydrogen-bond donors (Lipinski definition) is 1. The summed E-state index contributed by atoms with van der Waals surface area (Å²) in [6, 6.07) is 4.37. The van der Waals surface area contributed by atoms with E-state index >= 15 is 0 Å². The highest BCUT2D eigenvalue weighted by Gasteiger charge is 2.12. The molecule has 0 radical (unpaired) electrons. The van der Waals surface area contributed by atoms with Crippen molar-refractivity contribution >= 4 is 5.69 Å². The number of nitro groups is 1. The van der Waals surface area contributed by atoms with Crippen molar-refractivity contribution in [3.8, 4) is 5.75 Å². The number of methoxy groups -OCH3 is 1. The van der Waals surface area contributed by atoms with Gasteiger partial charge >= 0.3 is 0 Å². The molecule has 0 amide bonds. The number of benzene rings is 1. The fraction of sp³-hybridized carbons (Fsp3) is 0.333. The van der Waals surface area contributed by atoms with Crippen molar-refractivity contribution in [2.75, 3.05) is 7.11 Å². The van der Waals surface area contributed by atoms with E-state index in [0.717, 1.165) is 0 Å². The maximum atomic E-state index is 10.9. The number of rotatable bonds is 5. The molecule has 1 aromatic carbocycles. The van der Waals surface area contributed by atoms with Gasteiger partial charge in [0.05, 0.1) is 36.5 Å². The number of nitro benzene ring substituents is 1. The predicted octanol–water partition coefficient (Wildman–Crippen LogP) is 1.26. The molecule has 0 bridgehead atoms. The van der Waals surface area contributed by atoms with Gasteiger partial charge in [0.25, 0.3) is 5.69 Å². The van der Waals surface area contributed by atoms with Crippen molar-refractivity contribution in [2.45, 2.75) is 19.5 Å². The molecule has 0 aliphatic rings. The number of aromatic nitrogens is 3. The first-order valence-corrected chi connectivity index (χ1v) is 5.97. The van der Waals surface area contributed by atoms with Crippen LogP contribution in [0.4, 0.5) is 5.69 Å². The van der Waals surface area contributed by atoms with Crippen LogP contribution in [0.2, 0.25) is 0 Å². The molecule has 8 heteroatoms. The Morgan fingerprint density at radius 1 is 1.50 bits per heavy atom. The minimum absolute atomic E-state index is 0.0214. The molecule has 20 heavy (non-hydrogen) atoms. The van der Waals surface area contributed by atoms with Crippen molar-refractivity contribution in [3.63, 3.8) is 0 Å². The van der Waals surface area contributed by atoms with Gasteiger partial charge in [-0.25, -0.2) is 4.68 Å². The normalized spacial score (nSPS) is 12.2. The number of nitrogens with two attached hydrogens (primary N) is 1. The Hall–Kier alpha value is -2.48. The van der Waals surface area contributed by atoms with Gasteiger partial charge in [-0.05, 0) is 18.6 Å². The van der Waals surface area contributed by atoms with Gasteiger partial charge < -0.3 is 10.5 Å². The Bertz CT molecular complexity index is 623. The molecule has 0 spiro atoms. The smallest absolute Gasteiger partial charge is 0.273 e. The summed E-state index contributed by atoms with van der Waals surface area (Å²) in [4.78, 5) is 10.4. The molecule has 0 aliphatic carbocycles. The van der Waals surface area contributed by atoms with Crippen LogP contribution in [0.25, 0.3) is 0 Å². The van der Waals surface area contributed by atoms with Gasteiger partial charge in [-0.3, -0.25) is 10.1 Å². The summed E-state index contributed by atoms with van der Waals surface area (Å²) < 4.78 is 6.64. The van der Waals surface area contributed by atoms with E-state index in [4.69, 9.17) is 10.5 Å². The van der Waals surface area contributed by atoms with Crippen LogP contribution >= 0.6 is 0 Å². The Morgan fingerprint density at radius 2 is 2.25 bits per heavy atom. The van der Waals surface area contributed by atoms with Crippen LogP contribution in [0.3, 0.4) is 0 Å². The third kappa shape index (κ3) is 3.09. The molecule has 1 aromatic heterocycles. The Labute approximate surface area is 115 Å². The second-order valence-corrected chi connectivity index (χ2v) is 4.43. The van der Waals surface area contributed by atoms with Crippen LogP contribution in [-0.4, -0.2) is 27.0 Å². The molecule has 0 aliphatic heterocycles. The lowest BCUT2D eigenvalue weighted by Gasteiger charge is -2.05. The number of ether oxygens (including phenoxy) is 1. The van der Waals surface area contributed by atoms with Gasteiger partial charge in [0, 0.05) is 12.1 Å². The van der Waals surface area contributed by atoms with E-state index in [0.29, 0.717) is 23.6 Å². The Morgan fingerprint density at radius 3 is 2.80 bits per heavy atom. The van der Waals surface area contributed by atoms with Crippen molar-refractivity contribution < 1.29 is 9.66 Å². The lowest BCUT2D eigenvalue weighted by atomic mass is 10.2. The summed E-state index contributed by atoms with van der Waals surface area (Å²) in [7, 11) is 1.46. The van der Waals surface area contributed by atoms with Gasteiger partial charge in [0.1, 0.15) is 5.75 Å². The SMILES string of the molecule is COc1cc(Cn2cc(C(C)N)nn2)cc([N+](=O)[O-])c1.